The van der Waals surface area contributed by atoms with Crippen LogP contribution in [0, 0.1) is 0 Å². The summed E-state index contributed by atoms with van der Waals surface area (Å²) in [6.07, 6.45) is -0.787. The Morgan fingerprint density at radius 1 is 0.952 bits per heavy atom. The molecule has 0 aliphatic rings. The highest BCUT2D eigenvalue weighted by Gasteiger charge is 2.28. The smallest absolute Gasteiger partial charge is 0.326 e. The van der Waals surface area contributed by atoms with Gasteiger partial charge in [-0.05, 0) is 0 Å². The van der Waals surface area contributed by atoms with Crippen molar-refractivity contribution in [3.63, 3.8) is 0 Å². The van der Waals surface area contributed by atoms with Crippen LogP contribution in [-0.4, -0.2) is 63.6 Å². The minimum absolute atomic E-state index is 0.0590. The standard InChI is InChI=1S/C10H17N3O6S2/c11-4(2-20)8(16)13-6(3-21)9(17)12-5(10(18)19)1-7(14)15/h4-6,20-21H,1-3,11H2,(H,12,17)(H,13,16)(H,14,15)(H,18,19). The number of hydrogen-bond acceptors (Lipinski definition) is 7. The number of amides is 2. The van der Waals surface area contributed by atoms with Crippen molar-refractivity contribution in [1.29, 1.82) is 0 Å². The molecule has 0 saturated carbocycles. The van der Waals surface area contributed by atoms with Crippen molar-refractivity contribution in [2.24, 2.45) is 5.73 Å². The predicted octanol–water partition coefficient (Wildman–Crippen LogP) is -2.30. The lowest BCUT2D eigenvalue weighted by atomic mass is 10.2. The van der Waals surface area contributed by atoms with E-state index >= 15 is 0 Å². The van der Waals surface area contributed by atoms with Gasteiger partial charge in [-0.2, -0.15) is 25.3 Å². The number of aliphatic carboxylic acids is 2. The van der Waals surface area contributed by atoms with Gasteiger partial charge in [-0.1, -0.05) is 0 Å². The summed E-state index contributed by atoms with van der Waals surface area (Å²) in [5.74, 6) is -4.45. The van der Waals surface area contributed by atoms with Crippen LogP contribution in [0.2, 0.25) is 0 Å². The van der Waals surface area contributed by atoms with Gasteiger partial charge in [0.25, 0.3) is 0 Å². The van der Waals surface area contributed by atoms with Crippen LogP contribution in [0.25, 0.3) is 0 Å². The lowest BCUT2D eigenvalue weighted by Gasteiger charge is -2.20. The summed E-state index contributed by atoms with van der Waals surface area (Å²) in [7, 11) is 0. The van der Waals surface area contributed by atoms with Crippen molar-refractivity contribution in [2.75, 3.05) is 11.5 Å². The van der Waals surface area contributed by atoms with Gasteiger partial charge >= 0.3 is 11.9 Å². The number of rotatable bonds is 9. The summed E-state index contributed by atoms with van der Waals surface area (Å²) < 4.78 is 0. The maximum absolute atomic E-state index is 11.8. The van der Waals surface area contributed by atoms with Gasteiger partial charge in [0.1, 0.15) is 12.1 Å². The molecule has 11 heteroatoms. The van der Waals surface area contributed by atoms with Crippen LogP contribution in [0.4, 0.5) is 0 Å². The SMILES string of the molecule is NC(CS)C(=O)NC(CS)C(=O)NC(CC(=O)O)C(=O)O. The van der Waals surface area contributed by atoms with E-state index in [9.17, 15) is 19.2 Å². The number of hydrogen-bond donors (Lipinski definition) is 7. The molecule has 0 aromatic carbocycles. The number of carboxylic acids is 2. The maximum Gasteiger partial charge on any atom is 0.326 e. The zero-order valence-corrected chi connectivity index (χ0v) is 12.6. The van der Waals surface area contributed by atoms with Crippen LogP contribution in [-0.2, 0) is 19.2 Å². The number of carboxylic acid groups (broad SMARTS) is 2. The van der Waals surface area contributed by atoms with Crippen LogP contribution in [0.1, 0.15) is 6.42 Å². The summed E-state index contributed by atoms with van der Waals surface area (Å²) >= 11 is 7.70. The van der Waals surface area contributed by atoms with Gasteiger partial charge < -0.3 is 26.6 Å². The first-order valence-corrected chi connectivity index (χ1v) is 7.02. The first-order chi connectivity index (χ1) is 9.72. The lowest BCUT2D eigenvalue weighted by molar-refractivity contribution is -0.147. The van der Waals surface area contributed by atoms with Gasteiger partial charge in [-0.3, -0.25) is 14.4 Å². The summed E-state index contributed by atoms with van der Waals surface area (Å²) in [6, 6.07) is -3.67. The van der Waals surface area contributed by atoms with Crippen molar-refractivity contribution in [1.82, 2.24) is 10.6 Å². The molecular formula is C10H17N3O6S2. The van der Waals surface area contributed by atoms with E-state index in [-0.39, 0.29) is 11.5 Å². The van der Waals surface area contributed by atoms with E-state index < -0.39 is 48.3 Å². The minimum atomic E-state index is -1.60. The summed E-state index contributed by atoms with van der Waals surface area (Å²) in [5, 5.41) is 21.7. The molecule has 6 N–H and O–H groups in total. The Bertz CT molecular complexity index is 420. The van der Waals surface area contributed by atoms with Crippen LogP contribution in [0.15, 0.2) is 0 Å². The van der Waals surface area contributed by atoms with Crippen molar-refractivity contribution >= 4 is 49.0 Å². The highest BCUT2D eigenvalue weighted by Crippen LogP contribution is 1.97. The normalized spacial score (nSPS) is 14.6. The third-order valence-electron chi connectivity index (χ3n) is 2.34. The molecule has 0 fully saturated rings. The molecule has 0 aliphatic heterocycles. The molecule has 0 aliphatic carbocycles. The van der Waals surface area contributed by atoms with Gasteiger partial charge in [-0.15, -0.1) is 0 Å². The molecule has 3 atom stereocenters. The molecule has 9 nitrogen and oxygen atoms in total. The van der Waals surface area contributed by atoms with Gasteiger partial charge in [0, 0.05) is 11.5 Å². The highest BCUT2D eigenvalue weighted by molar-refractivity contribution is 7.80. The molecule has 3 unspecified atom stereocenters. The van der Waals surface area contributed by atoms with Crippen molar-refractivity contribution < 1.29 is 29.4 Å². The first kappa shape index (κ1) is 19.5. The number of thiol groups is 2. The Balaban J connectivity index is 4.73. The molecule has 120 valence electrons. The van der Waals surface area contributed by atoms with E-state index in [1.807, 2.05) is 5.32 Å². The number of carbonyl (C=O) groups is 4. The lowest BCUT2D eigenvalue weighted by Crippen LogP contribution is -2.55. The second-order valence-corrected chi connectivity index (χ2v) is 4.76. The van der Waals surface area contributed by atoms with Crippen molar-refractivity contribution in [3.05, 3.63) is 0 Å². The van der Waals surface area contributed by atoms with E-state index in [1.54, 1.807) is 0 Å². The van der Waals surface area contributed by atoms with Crippen molar-refractivity contribution in [3.8, 4) is 0 Å². The molecule has 0 heterocycles. The molecule has 0 spiro atoms. The fraction of sp³-hybridized carbons (Fsp3) is 0.600. The van der Waals surface area contributed by atoms with Gasteiger partial charge in [0.05, 0.1) is 12.5 Å². The molecule has 2 amide bonds. The average molecular weight is 339 g/mol. The first-order valence-electron chi connectivity index (χ1n) is 5.75. The molecule has 0 rings (SSSR count). The third kappa shape index (κ3) is 7.20. The monoisotopic (exact) mass is 339 g/mol. The van der Waals surface area contributed by atoms with Crippen LogP contribution in [0.5, 0.6) is 0 Å². The number of nitrogens with one attached hydrogen (secondary N) is 2. The quantitative estimate of drug-likeness (QED) is 0.233. The van der Waals surface area contributed by atoms with Crippen LogP contribution < -0.4 is 16.4 Å². The minimum Gasteiger partial charge on any atom is -0.481 e. The van der Waals surface area contributed by atoms with Gasteiger partial charge in [-0.25, -0.2) is 4.79 Å². The Kier molecular flexibility index (Phi) is 8.81. The predicted molar refractivity (Wildman–Crippen MR) is 79.4 cm³/mol. The third-order valence-corrected chi connectivity index (χ3v) is 3.10. The molecule has 0 bridgehead atoms. The zero-order chi connectivity index (χ0) is 16.6. The molecule has 0 aromatic heterocycles. The largest absolute Gasteiger partial charge is 0.481 e. The zero-order valence-electron chi connectivity index (χ0n) is 10.9. The second-order valence-electron chi connectivity index (χ2n) is 4.03. The molecule has 0 radical (unpaired) electrons. The fourth-order valence-electron chi connectivity index (χ4n) is 1.20. The fourth-order valence-corrected chi connectivity index (χ4v) is 1.63. The number of carbonyl (C=O) groups excluding carboxylic acids is 2. The van der Waals surface area contributed by atoms with E-state index in [0.29, 0.717) is 0 Å². The Hall–Kier alpha value is -1.46. The van der Waals surface area contributed by atoms with Crippen molar-refractivity contribution in [2.45, 2.75) is 24.5 Å². The topological polar surface area (TPSA) is 159 Å². The average Bonchev–Trinajstić information content (AvgIpc) is 2.41. The summed E-state index contributed by atoms with van der Waals surface area (Å²) in [5.41, 5.74) is 5.42. The van der Waals surface area contributed by atoms with Crippen LogP contribution in [0.3, 0.4) is 0 Å². The van der Waals surface area contributed by atoms with Gasteiger partial charge in [0.15, 0.2) is 0 Å². The molecular weight excluding hydrogens is 322 g/mol. The van der Waals surface area contributed by atoms with Crippen LogP contribution >= 0.6 is 25.3 Å². The van der Waals surface area contributed by atoms with E-state index in [0.717, 1.165) is 0 Å². The highest BCUT2D eigenvalue weighted by atomic mass is 32.1. The Labute approximate surface area is 131 Å². The van der Waals surface area contributed by atoms with E-state index in [2.05, 4.69) is 30.6 Å². The maximum atomic E-state index is 11.8. The second kappa shape index (κ2) is 9.47. The Morgan fingerprint density at radius 3 is 1.86 bits per heavy atom. The molecule has 21 heavy (non-hydrogen) atoms. The van der Waals surface area contributed by atoms with E-state index in [4.69, 9.17) is 15.9 Å². The van der Waals surface area contributed by atoms with Gasteiger partial charge in [0.2, 0.25) is 11.8 Å². The Morgan fingerprint density at radius 2 is 1.48 bits per heavy atom. The molecule has 0 saturated heterocycles. The molecule has 0 aromatic rings. The number of nitrogens with two attached hydrogens (primary N) is 1. The summed E-state index contributed by atoms with van der Waals surface area (Å²) in [4.78, 5) is 44.7. The summed E-state index contributed by atoms with van der Waals surface area (Å²) in [6.45, 7) is 0. The van der Waals surface area contributed by atoms with E-state index in [1.165, 1.54) is 0 Å².